The van der Waals surface area contributed by atoms with Crippen LogP contribution in [-0.2, 0) is 4.84 Å². The number of rotatable bonds is 2. The van der Waals surface area contributed by atoms with E-state index in [1.54, 1.807) is 24.9 Å². The fourth-order valence-electron chi connectivity index (χ4n) is 1.41. The number of quaternary nitrogens is 1. The number of hydrogen-bond acceptors (Lipinski definition) is 2. The molecule has 3 N–H and O–H groups in total. The Morgan fingerprint density at radius 2 is 2.00 bits per heavy atom. The SMILES string of the molecule is CC.CO[NH2+]c1ccc2cc[nH]c(=O)c2c1. The van der Waals surface area contributed by atoms with E-state index in [4.69, 9.17) is 4.84 Å². The zero-order valence-corrected chi connectivity index (χ0v) is 9.78. The van der Waals surface area contributed by atoms with Crippen molar-refractivity contribution in [2.75, 3.05) is 7.11 Å². The van der Waals surface area contributed by atoms with Crippen molar-refractivity contribution < 1.29 is 10.3 Å². The Morgan fingerprint density at radius 1 is 1.25 bits per heavy atom. The summed E-state index contributed by atoms with van der Waals surface area (Å²) in [6, 6.07) is 7.48. The Labute approximate surface area is 94.2 Å². The predicted octanol–water partition coefficient (Wildman–Crippen LogP) is 1.31. The van der Waals surface area contributed by atoms with Gasteiger partial charge in [-0.3, -0.25) is 4.79 Å². The van der Waals surface area contributed by atoms with Crippen molar-refractivity contribution in [1.82, 2.24) is 4.98 Å². The Balaban J connectivity index is 0.000000606. The van der Waals surface area contributed by atoms with Gasteiger partial charge in [0.05, 0.1) is 12.5 Å². The lowest BCUT2D eigenvalue weighted by Crippen LogP contribution is -2.75. The van der Waals surface area contributed by atoms with Gasteiger partial charge in [0.15, 0.2) is 5.69 Å². The first-order chi connectivity index (χ1) is 7.81. The summed E-state index contributed by atoms with van der Waals surface area (Å²) in [4.78, 5) is 18.9. The van der Waals surface area contributed by atoms with E-state index in [1.165, 1.54) is 0 Å². The molecule has 0 fully saturated rings. The number of nitrogens with one attached hydrogen (secondary N) is 1. The molecule has 1 heterocycles. The van der Waals surface area contributed by atoms with Crippen LogP contribution in [0.3, 0.4) is 0 Å². The number of benzene rings is 1. The summed E-state index contributed by atoms with van der Waals surface area (Å²) in [5.41, 5.74) is 2.41. The van der Waals surface area contributed by atoms with Gasteiger partial charge in [-0.2, -0.15) is 5.48 Å². The topological polar surface area (TPSA) is 58.7 Å². The molecule has 86 valence electrons. The lowest BCUT2D eigenvalue weighted by atomic mass is 10.1. The number of fused-ring (bicyclic) bond motifs is 1. The molecule has 0 aliphatic rings. The first kappa shape index (κ1) is 12.4. The fraction of sp³-hybridized carbons (Fsp3) is 0.250. The molecule has 0 spiro atoms. The van der Waals surface area contributed by atoms with Crippen LogP contribution in [0.15, 0.2) is 35.3 Å². The maximum atomic E-state index is 11.4. The van der Waals surface area contributed by atoms with Gasteiger partial charge in [0.2, 0.25) is 0 Å². The van der Waals surface area contributed by atoms with Crippen LogP contribution in [0.2, 0.25) is 0 Å². The van der Waals surface area contributed by atoms with Crippen LogP contribution in [0.25, 0.3) is 10.8 Å². The fourth-order valence-corrected chi connectivity index (χ4v) is 1.41. The average Bonchev–Trinajstić information content (AvgIpc) is 2.33. The smallest absolute Gasteiger partial charge is 0.256 e. The van der Waals surface area contributed by atoms with Crippen molar-refractivity contribution in [3.05, 3.63) is 40.8 Å². The van der Waals surface area contributed by atoms with Crippen molar-refractivity contribution in [2.24, 2.45) is 0 Å². The van der Waals surface area contributed by atoms with Gasteiger partial charge in [-0.25, -0.2) is 4.84 Å². The largest absolute Gasteiger partial charge is 0.329 e. The molecule has 1 aromatic carbocycles. The number of nitrogens with two attached hydrogens (primary N) is 1. The van der Waals surface area contributed by atoms with Crippen molar-refractivity contribution in [1.29, 1.82) is 0 Å². The van der Waals surface area contributed by atoms with Gasteiger partial charge < -0.3 is 4.98 Å². The van der Waals surface area contributed by atoms with Crippen LogP contribution in [0.1, 0.15) is 13.8 Å². The lowest BCUT2D eigenvalue weighted by Gasteiger charge is -1.98. The van der Waals surface area contributed by atoms with Gasteiger partial charge in [0.1, 0.15) is 0 Å². The van der Waals surface area contributed by atoms with Gasteiger partial charge in [-0.1, -0.05) is 13.8 Å². The minimum Gasteiger partial charge on any atom is -0.329 e. The maximum absolute atomic E-state index is 11.4. The molecule has 2 aromatic rings. The van der Waals surface area contributed by atoms with E-state index in [1.807, 2.05) is 32.0 Å². The zero-order valence-electron chi connectivity index (χ0n) is 9.78. The molecule has 0 aliphatic heterocycles. The predicted molar refractivity (Wildman–Crippen MR) is 64.5 cm³/mol. The Hall–Kier alpha value is -1.65. The molecule has 0 saturated carbocycles. The molecule has 4 heteroatoms. The van der Waals surface area contributed by atoms with E-state index in [2.05, 4.69) is 4.98 Å². The third kappa shape index (κ3) is 2.68. The molecule has 0 radical (unpaired) electrons. The van der Waals surface area contributed by atoms with Crippen LogP contribution in [0.5, 0.6) is 0 Å². The third-order valence-electron chi connectivity index (χ3n) is 2.05. The second-order valence-corrected chi connectivity index (χ2v) is 3.01. The Morgan fingerprint density at radius 3 is 2.69 bits per heavy atom. The van der Waals surface area contributed by atoms with Crippen molar-refractivity contribution in [2.45, 2.75) is 13.8 Å². The summed E-state index contributed by atoms with van der Waals surface area (Å²) in [6.07, 6.45) is 1.64. The summed E-state index contributed by atoms with van der Waals surface area (Å²) >= 11 is 0. The monoisotopic (exact) mass is 221 g/mol. The molecule has 16 heavy (non-hydrogen) atoms. The van der Waals surface area contributed by atoms with E-state index in [0.29, 0.717) is 5.39 Å². The highest BCUT2D eigenvalue weighted by Gasteiger charge is 2.01. The zero-order chi connectivity index (χ0) is 12.0. The molecule has 0 aliphatic carbocycles. The minimum absolute atomic E-state index is 0.0751. The van der Waals surface area contributed by atoms with E-state index in [-0.39, 0.29) is 5.56 Å². The van der Waals surface area contributed by atoms with Crippen LogP contribution in [0.4, 0.5) is 5.69 Å². The van der Waals surface area contributed by atoms with Crippen LogP contribution in [-0.4, -0.2) is 12.1 Å². The Bertz CT molecular complexity index is 506. The second kappa shape index (κ2) is 6.05. The number of aromatic nitrogens is 1. The standard InChI is InChI=1S/C10H10N2O2.C2H6/c1-14-12-8-3-2-7-4-5-11-10(13)9(7)6-8;1-2/h2-6,12H,1H3,(H,11,13);1-2H3/p+1. The highest BCUT2D eigenvalue weighted by Crippen LogP contribution is 2.11. The number of pyridine rings is 1. The van der Waals surface area contributed by atoms with Gasteiger partial charge in [0.25, 0.3) is 5.56 Å². The van der Waals surface area contributed by atoms with E-state index in [9.17, 15) is 4.79 Å². The van der Waals surface area contributed by atoms with Gasteiger partial charge in [0, 0.05) is 18.3 Å². The maximum Gasteiger partial charge on any atom is 0.256 e. The summed E-state index contributed by atoms with van der Waals surface area (Å²) in [7, 11) is 1.58. The van der Waals surface area contributed by atoms with Crippen molar-refractivity contribution in [3.63, 3.8) is 0 Å². The summed E-state index contributed by atoms with van der Waals surface area (Å²) < 4.78 is 0. The highest BCUT2D eigenvalue weighted by molar-refractivity contribution is 5.83. The van der Waals surface area contributed by atoms with Gasteiger partial charge in [-0.05, 0) is 17.5 Å². The molecular weight excluding hydrogens is 204 g/mol. The van der Waals surface area contributed by atoms with E-state index >= 15 is 0 Å². The molecule has 0 unspecified atom stereocenters. The summed E-state index contributed by atoms with van der Waals surface area (Å²) in [6.45, 7) is 4.00. The molecule has 0 atom stereocenters. The number of hydrogen-bond donors (Lipinski definition) is 2. The van der Waals surface area contributed by atoms with Crippen LogP contribution in [0, 0.1) is 0 Å². The second-order valence-electron chi connectivity index (χ2n) is 3.01. The molecule has 0 bridgehead atoms. The molecule has 2 rings (SSSR count). The van der Waals surface area contributed by atoms with E-state index < -0.39 is 0 Å². The summed E-state index contributed by atoms with van der Waals surface area (Å²) in [5.74, 6) is 0. The first-order valence-electron chi connectivity index (χ1n) is 5.29. The molecule has 0 saturated heterocycles. The molecule has 1 aromatic heterocycles. The normalized spacial score (nSPS) is 9.69. The van der Waals surface area contributed by atoms with Crippen LogP contribution < -0.4 is 11.0 Å². The van der Waals surface area contributed by atoms with Gasteiger partial charge in [-0.15, -0.1) is 0 Å². The number of aromatic amines is 1. The van der Waals surface area contributed by atoms with Crippen LogP contribution >= 0.6 is 0 Å². The van der Waals surface area contributed by atoms with Crippen molar-refractivity contribution in [3.8, 4) is 0 Å². The van der Waals surface area contributed by atoms with Gasteiger partial charge >= 0.3 is 0 Å². The van der Waals surface area contributed by atoms with Crippen molar-refractivity contribution >= 4 is 16.5 Å². The highest BCUT2D eigenvalue weighted by atomic mass is 16.6. The van der Waals surface area contributed by atoms with E-state index in [0.717, 1.165) is 11.1 Å². The Kier molecular flexibility index (Phi) is 4.69. The number of H-pyrrole nitrogens is 1. The third-order valence-corrected chi connectivity index (χ3v) is 2.05. The first-order valence-corrected chi connectivity index (χ1v) is 5.29. The average molecular weight is 221 g/mol. The molecule has 4 nitrogen and oxygen atoms in total. The molecule has 0 amide bonds. The summed E-state index contributed by atoms with van der Waals surface area (Å²) in [5, 5.41) is 1.61. The quantitative estimate of drug-likeness (QED) is 0.593. The molecular formula is C12H17N2O2+. The lowest BCUT2D eigenvalue weighted by molar-refractivity contribution is -0.830. The minimum atomic E-state index is -0.0751.